The normalized spacial score (nSPS) is 13.6. The number of hydrogen-bond donors (Lipinski definition) is 2. The molecule has 0 aromatic heterocycles. The fourth-order valence-electron chi connectivity index (χ4n) is 11.3. The van der Waals surface area contributed by atoms with Crippen LogP contribution in [0.1, 0.15) is 361 Å². The second-order valence-corrected chi connectivity index (χ2v) is 28.0. The van der Waals surface area contributed by atoms with Crippen LogP contribution in [0.3, 0.4) is 0 Å². The quantitative estimate of drug-likeness (QED) is 0.0264. The molecule has 10 heteroatoms. The van der Waals surface area contributed by atoms with Crippen LogP contribution in [0.4, 0.5) is 0 Å². The zero-order valence-corrected chi connectivity index (χ0v) is 63.7. The topological polar surface area (TPSA) is 134 Å². The van der Waals surface area contributed by atoms with E-state index in [4.69, 9.17) is 24.3 Å². The van der Waals surface area contributed by atoms with E-state index in [0.717, 1.165) is 122 Å². The molecule has 556 valence electrons. The minimum Gasteiger partial charge on any atom is -0.462 e. The molecular weight excluding hydrogens is 1220 g/mol. The van der Waals surface area contributed by atoms with Gasteiger partial charge in [0.05, 0.1) is 13.2 Å². The largest absolute Gasteiger partial charge is 0.472 e. The van der Waals surface area contributed by atoms with Crippen molar-refractivity contribution in [3.05, 3.63) is 146 Å². The van der Waals surface area contributed by atoms with E-state index in [2.05, 4.69) is 160 Å². The highest BCUT2D eigenvalue weighted by Gasteiger charge is 2.26. The van der Waals surface area contributed by atoms with Crippen molar-refractivity contribution in [3.63, 3.8) is 0 Å². The van der Waals surface area contributed by atoms with E-state index in [-0.39, 0.29) is 38.6 Å². The second kappa shape index (κ2) is 80.9. The number of esters is 2. The predicted octanol–water partition coefficient (Wildman–Crippen LogP) is 27.3. The molecule has 0 aliphatic rings. The van der Waals surface area contributed by atoms with Crippen LogP contribution in [0.15, 0.2) is 146 Å². The first-order valence-electron chi connectivity index (χ1n) is 40.3. The summed E-state index contributed by atoms with van der Waals surface area (Å²) in [6.45, 7) is 3.64. The summed E-state index contributed by atoms with van der Waals surface area (Å²) < 4.78 is 33.2. The summed E-state index contributed by atoms with van der Waals surface area (Å²) in [5.74, 6) is -0.845. The molecule has 0 aliphatic heterocycles. The standard InChI is InChI=1S/C87H150NO8P/c1-3-5-7-9-11-13-15-17-19-21-23-25-27-29-31-33-35-37-39-41-42-44-46-48-50-52-54-56-58-60-62-64-66-68-70-72-74-76-78-80-87(90)96-85(84-95-97(91,92)94-82-81-88)83-93-86(89)79-77-75-73-71-69-67-65-63-61-59-57-55-53-51-49-47-45-43-40-38-36-34-32-30-28-26-24-22-20-18-16-14-12-10-8-6-4-2/h5,7,11,13,17,19,22-25,29,31,35,37,41-42,46,48,52,54,58,60,64,66,85H,3-4,6,8-10,12,14-16,18,20-21,26-28,30,32-34,36,38-40,43-45,47,49-51,53,55-57,59,61-63,65,67-84,88H2,1-2H3,(H,91,92)/b7-5-,13-11-,19-17-,24-22-,25-23-,31-29-,37-35-,42-41-,48-46-,54-52-,60-58-,66-64-. The van der Waals surface area contributed by atoms with Crippen LogP contribution in [0.5, 0.6) is 0 Å². The number of hydrogen-bond acceptors (Lipinski definition) is 8. The molecule has 0 fully saturated rings. The molecule has 0 radical (unpaired) electrons. The predicted molar refractivity (Wildman–Crippen MR) is 422 cm³/mol. The molecule has 0 heterocycles. The van der Waals surface area contributed by atoms with Gasteiger partial charge in [-0.3, -0.25) is 18.6 Å². The summed E-state index contributed by atoms with van der Waals surface area (Å²) in [5.41, 5.74) is 5.41. The lowest BCUT2D eigenvalue weighted by Gasteiger charge is -2.19. The lowest BCUT2D eigenvalue weighted by Crippen LogP contribution is -2.29. The Hall–Kier alpha value is -4.11. The van der Waals surface area contributed by atoms with Gasteiger partial charge in [0.25, 0.3) is 0 Å². The number of phosphoric acid groups is 1. The highest BCUT2D eigenvalue weighted by molar-refractivity contribution is 7.47. The first kappa shape index (κ1) is 92.9. The third-order valence-electron chi connectivity index (χ3n) is 17.2. The molecule has 0 amide bonds. The van der Waals surface area contributed by atoms with Crippen LogP contribution in [-0.2, 0) is 32.7 Å². The van der Waals surface area contributed by atoms with Gasteiger partial charge in [0, 0.05) is 19.4 Å². The van der Waals surface area contributed by atoms with Crippen LogP contribution in [-0.4, -0.2) is 49.3 Å². The van der Waals surface area contributed by atoms with Crippen molar-refractivity contribution in [2.24, 2.45) is 5.73 Å². The molecule has 2 unspecified atom stereocenters. The highest BCUT2D eigenvalue weighted by atomic mass is 31.2. The van der Waals surface area contributed by atoms with E-state index in [1.807, 2.05) is 0 Å². The van der Waals surface area contributed by atoms with E-state index in [9.17, 15) is 19.0 Å². The average Bonchev–Trinajstić information content (AvgIpc) is 2.88. The minimum atomic E-state index is -4.41. The van der Waals surface area contributed by atoms with Crippen molar-refractivity contribution >= 4 is 19.8 Å². The van der Waals surface area contributed by atoms with Gasteiger partial charge in [0.1, 0.15) is 6.61 Å². The van der Waals surface area contributed by atoms with E-state index in [1.54, 1.807) is 0 Å². The molecule has 2 atom stereocenters. The molecule has 0 rings (SSSR count). The maximum absolute atomic E-state index is 12.8. The van der Waals surface area contributed by atoms with E-state index in [0.29, 0.717) is 6.42 Å². The van der Waals surface area contributed by atoms with Gasteiger partial charge in [0.2, 0.25) is 0 Å². The van der Waals surface area contributed by atoms with Crippen molar-refractivity contribution in [3.8, 4) is 0 Å². The number of carbonyl (C=O) groups excluding carboxylic acids is 2. The SMILES string of the molecule is CC/C=C\C/C=C\C/C=C\C/C=C\C/C=C\C/C=C\C/C=C\C/C=C\C/C=C\C/C=C\C/C=C\CCCCCCCC(=O)OC(COC(=O)CCCCCCCCCCCCCCCCCCCCCCCCCCC/C=C\CCCCCCCCCC)COP(=O)(O)OCCN. The van der Waals surface area contributed by atoms with Gasteiger partial charge >= 0.3 is 19.8 Å². The molecule has 9 nitrogen and oxygen atoms in total. The second-order valence-electron chi connectivity index (χ2n) is 26.6. The molecule has 0 aliphatic carbocycles. The first-order chi connectivity index (χ1) is 47.8. The van der Waals surface area contributed by atoms with Crippen LogP contribution in [0, 0.1) is 0 Å². The van der Waals surface area contributed by atoms with E-state index >= 15 is 0 Å². The summed E-state index contributed by atoms with van der Waals surface area (Å²) in [6.07, 6.45) is 117. The Labute approximate surface area is 598 Å². The smallest absolute Gasteiger partial charge is 0.462 e. The molecule has 0 aromatic rings. The summed E-state index contributed by atoms with van der Waals surface area (Å²) >= 11 is 0. The fraction of sp³-hybridized carbons (Fsp3) is 0.701. The maximum Gasteiger partial charge on any atom is 0.472 e. The number of carbonyl (C=O) groups is 2. The third kappa shape index (κ3) is 80.8. The van der Waals surface area contributed by atoms with Crippen molar-refractivity contribution < 1.29 is 37.6 Å². The third-order valence-corrected chi connectivity index (χ3v) is 18.2. The average molecular weight is 1370 g/mol. The number of unbranched alkanes of at least 4 members (excludes halogenated alkanes) is 38. The molecule has 0 bridgehead atoms. The van der Waals surface area contributed by atoms with Gasteiger partial charge in [-0.1, -0.05) is 372 Å². The van der Waals surface area contributed by atoms with Crippen LogP contribution in [0.25, 0.3) is 0 Å². The summed E-state index contributed by atoms with van der Waals surface area (Å²) in [7, 11) is -4.41. The Morgan fingerprint density at radius 2 is 0.567 bits per heavy atom. The van der Waals surface area contributed by atoms with Gasteiger partial charge in [-0.25, -0.2) is 4.57 Å². The van der Waals surface area contributed by atoms with Crippen molar-refractivity contribution in [1.29, 1.82) is 0 Å². The lowest BCUT2D eigenvalue weighted by atomic mass is 10.0. The monoisotopic (exact) mass is 1370 g/mol. The maximum atomic E-state index is 12.8. The Balaban J connectivity index is 3.90. The van der Waals surface area contributed by atoms with Crippen molar-refractivity contribution in [2.45, 2.75) is 367 Å². The fourth-order valence-corrected chi connectivity index (χ4v) is 12.1. The molecule has 0 saturated heterocycles. The Kier molecular flexibility index (Phi) is 77.4. The summed E-state index contributed by atoms with van der Waals surface area (Å²) in [6, 6.07) is 0. The Morgan fingerprint density at radius 3 is 0.856 bits per heavy atom. The van der Waals surface area contributed by atoms with Gasteiger partial charge in [-0.05, 0) is 122 Å². The van der Waals surface area contributed by atoms with Gasteiger partial charge in [-0.2, -0.15) is 0 Å². The van der Waals surface area contributed by atoms with E-state index < -0.39 is 26.5 Å². The number of allylic oxidation sites excluding steroid dienone is 24. The number of phosphoric ester groups is 1. The number of nitrogens with two attached hydrogens (primary N) is 1. The molecule has 0 spiro atoms. The molecule has 3 N–H and O–H groups in total. The minimum absolute atomic E-state index is 0.0444. The molecular formula is C87H150NO8P. The van der Waals surface area contributed by atoms with Crippen LogP contribution >= 0.6 is 7.82 Å². The first-order valence-corrected chi connectivity index (χ1v) is 41.8. The van der Waals surface area contributed by atoms with Crippen molar-refractivity contribution in [2.75, 3.05) is 26.4 Å². The molecule has 97 heavy (non-hydrogen) atoms. The molecule has 0 aromatic carbocycles. The summed E-state index contributed by atoms with van der Waals surface area (Å²) in [5, 5.41) is 0. The zero-order valence-electron chi connectivity index (χ0n) is 62.8. The van der Waals surface area contributed by atoms with Crippen LogP contribution < -0.4 is 5.73 Å². The van der Waals surface area contributed by atoms with Gasteiger partial charge in [-0.15, -0.1) is 0 Å². The molecule has 0 saturated carbocycles. The lowest BCUT2D eigenvalue weighted by molar-refractivity contribution is -0.161. The zero-order chi connectivity index (χ0) is 70.0. The van der Waals surface area contributed by atoms with Gasteiger partial charge < -0.3 is 20.1 Å². The Morgan fingerprint density at radius 1 is 0.320 bits per heavy atom. The summed E-state index contributed by atoms with van der Waals surface area (Å²) in [4.78, 5) is 35.5. The number of ether oxygens (including phenoxy) is 2. The van der Waals surface area contributed by atoms with E-state index in [1.165, 1.54) is 205 Å². The highest BCUT2D eigenvalue weighted by Crippen LogP contribution is 2.43. The number of rotatable bonds is 75. The Bertz CT molecular complexity index is 2110. The van der Waals surface area contributed by atoms with Crippen molar-refractivity contribution in [1.82, 2.24) is 0 Å². The van der Waals surface area contributed by atoms with Gasteiger partial charge in [0.15, 0.2) is 6.10 Å². The van der Waals surface area contributed by atoms with Crippen LogP contribution in [0.2, 0.25) is 0 Å².